The summed E-state index contributed by atoms with van der Waals surface area (Å²) in [7, 11) is -0.139. The second kappa shape index (κ2) is 9.38. The average Bonchev–Trinajstić information content (AvgIpc) is 2.67. The third-order valence-corrected chi connectivity index (χ3v) is 6.53. The van der Waals surface area contributed by atoms with E-state index in [-0.39, 0.29) is 28.8 Å². The highest BCUT2D eigenvalue weighted by atomic mass is 32.2. The van der Waals surface area contributed by atoms with Gasteiger partial charge in [0.05, 0.1) is 4.90 Å². The molecule has 0 aliphatic carbocycles. The van der Waals surface area contributed by atoms with Crippen molar-refractivity contribution >= 4 is 27.6 Å². The molecule has 0 bridgehead atoms. The van der Waals surface area contributed by atoms with Gasteiger partial charge in [0.15, 0.2) is 0 Å². The van der Waals surface area contributed by atoms with Gasteiger partial charge in [-0.05, 0) is 50.5 Å². The van der Waals surface area contributed by atoms with Crippen molar-refractivity contribution in [3.63, 3.8) is 0 Å². The summed E-state index contributed by atoms with van der Waals surface area (Å²) in [4.78, 5) is 27.9. The van der Waals surface area contributed by atoms with Crippen molar-refractivity contribution in [2.45, 2.75) is 44.0 Å². The van der Waals surface area contributed by atoms with Crippen LogP contribution in [0.2, 0.25) is 0 Å². The minimum absolute atomic E-state index is 0.0401. The molecule has 1 saturated heterocycles. The number of carbonyl (C=O) groups excluding carboxylic acids is 2. The number of benzene rings is 1. The number of rotatable bonds is 6. The molecule has 28 heavy (non-hydrogen) atoms. The van der Waals surface area contributed by atoms with E-state index in [1.165, 1.54) is 17.0 Å². The number of hydrogen-bond acceptors (Lipinski definition) is 4. The topological polar surface area (TPSA) is 98.8 Å². The predicted octanol–water partition coefficient (Wildman–Crippen LogP) is 2.10. The highest BCUT2D eigenvalue weighted by Gasteiger charge is 2.28. The SMILES string of the molecule is CC[C@H](C)NS(=O)(=O)c1ccc(NC(=O)C2CCN(C(=O)N(C)C)CC2)cc1. The lowest BCUT2D eigenvalue weighted by Gasteiger charge is -2.33. The van der Waals surface area contributed by atoms with Gasteiger partial charge in [-0.1, -0.05) is 6.92 Å². The van der Waals surface area contributed by atoms with E-state index in [0.717, 1.165) is 0 Å². The molecule has 0 saturated carbocycles. The quantitative estimate of drug-likeness (QED) is 0.750. The Hall–Kier alpha value is -2.13. The first-order chi connectivity index (χ1) is 13.1. The first kappa shape index (κ1) is 22.2. The smallest absolute Gasteiger partial charge is 0.319 e. The molecule has 8 nitrogen and oxygen atoms in total. The average molecular weight is 411 g/mol. The van der Waals surface area contributed by atoms with Crippen LogP contribution < -0.4 is 10.0 Å². The van der Waals surface area contributed by atoms with Crippen LogP contribution in [0.3, 0.4) is 0 Å². The normalized spacial score (nSPS) is 16.5. The van der Waals surface area contributed by atoms with E-state index in [4.69, 9.17) is 0 Å². The standard InChI is InChI=1S/C19H30N4O4S/c1-5-14(2)21-28(26,27)17-8-6-16(7-9-17)20-18(24)15-10-12-23(13-11-15)19(25)22(3)4/h6-9,14-15,21H,5,10-13H2,1-4H3,(H,20,24)/t14-/m0/s1. The second-order valence-corrected chi connectivity index (χ2v) is 9.10. The fourth-order valence-electron chi connectivity index (χ4n) is 2.99. The second-order valence-electron chi connectivity index (χ2n) is 7.38. The first-order valence-corrected chi connectivity index (χ1v) is 11.0. The molecular weight excluding hydrogens is 380 g/mol. The Morgan fingerprint density at radius 1 is 1.18 bits per heavy atom. The molecular formula is C19H30N4O4S. The number of nitrogens with zero attached hydrogens (tertiary/aromatic N) is 2. The molecule has 1 atom stereocenters. The van der Waals surface area contributed by atoms with Crippen LogP contribution in [0, 0.1) is 5.92 Å². The Bertz CT molecular complexity index is 785. The van der Waals surface area contributed by atoms with E-state index in [1.807, 2.05) is 13.8 Å². The van der Waals surface area contributed by atoms with Crippen molar-refractivity contribution in [3.05, 3.63) is 24.3 Å². The molecule has 2 rings (SSSR count). The van der Waals surface area contributed by atoms with Crippen LogP contribution in [-0.2, 0) is 14.8 Å². The lowest BCUT2D eigenvalue weighted by atomic mass is 9.96. The molecule has 1 aromatic carbocycles. The fraction of sp³-hybridized carbons (Fsp3) is 0.579. The maximum atomic E-state index is 12.5. The summed E-state index contributed by atoms with van der Waals surface area (Å²) >= 11 is 0. The van der Waals surface area contributed by atoms with E-state index < -0.39 is 10.0 Å². The number of hydrogen-bond donors (Lipinski definition) is 2. The minimum atomic E-state index is -3.56. The van der Waals surface area contributed by atoms with Crippen LogP contribution in [0.15, 0.2) is 29.2 Å². The van der Waals surface area contributed by atoms with E-state index in [9.17, 15) is 18.0 Å². The maximum Gasteiger partial charge on any atom is 0.319 e. The molecule has 0 radical (unpaired) electrons. The van der Waals surface area contributed by atoms with Gasteiger partial charge in [0.2, 0.25) is 15.9 Å². The molecule has 0 unspecified atom stereocenters. The molecule has 2 N–H and O–H groups in total. The number of sulfonamides is 1. The van der Waals surface area contributed by atoms with Gasteiger partial charge in [-0.25, -0.2) is 17.9 Å². The van der Waals surface area contributed by atoms with Gasteiger partial charge in [-0.2, -0.15) is 0 Å². The Morgan fingerprint density at radius 2 is 1.75 bits per heavy atom. The van der Waals surface area contributed by atoms with Crippen LogP contribution in [0.4, 0.5) is 10.5 Å². The summed E-state index contributed by atoms with van der Waals surface area (Å²) < 4.78 is 27.2. The van der Waals surface area contributed by atoms with Crippen LogP contribution in [-0.4, -0.2) is 63.4 Å². The van der Waals surface area contributed by atoms with Crippen molar-refractivity contribution in [2.24, 2.45) is 5.92 Å². The molecule has 1 fully saturated rings. The van der Waals surface area contributed by atoms with E-state index in [1.54, 1.807) is 31.1 Å². The number of nitrogens with one attached hydrogen (secondary N) is 2. The largest absolute Gasteiger partial charge is 0.331 e. The summed E-state index contributed by atoms with van der Waals surface area (Å²) in [5, 5.41) is 2.84. The number of anilines is 1. The number of piperidine rings is 1. The Morgan fingerprint density at radius 3 is 2.25 bits per heavy atom. The zero-order chi connectivity index (χ0) is 20.9. The number of amides is 3. The summed E-state index contributed by atoms with van der Waals surface area (Å²) in [6.45, 7) is 4.82. The first-order valence-electron chi connectivity index (χ1n) is 9.53. The van der Waals surface area contributed by atoms with Crippen LogP contribution in [0.1, 0.15) is 33.1 Å². The van der Waals surface area contributed by atoms with Crippen molar-refractivity contribution in [1.29, 1.82) is 0 Å². The highest BCUT2D eigenvalue weighted by molar-refractivity contribution is 7.89. The Balaban J connectivity index is 1.92. The highest BCUT2D eigenvalue weighted by Crippen LogP contribution is 2.21. The van der Waals surface area contributed by atoms with Crippen molar-refractivity contribution in [3.8, 4) is 0 Å². The summed E-state index contributed by atoms with van der Waals surface area (Å²) in [6.07, 6.45) is 1.92. The molecule has 156 valence electrons. The lowest BCUT2D eigenvalue weighted by molar-refractivity contribution is -0.121. The van der Waals surface area contributed by atoms with Gasteiger partial charge in [0, 0.05) is 44.8 Å². The molecule has 3 amide bonds. The van der Waals surface area contributed by atoms with Gasteiger partial charge < -0.3 is 15.1 Å². The Labute approximate surface area is 167 Å². The van der Waals surface area contributed by atoms with Gasteiger partial charge in [0.1, 0.15) is 0 Å². The molecule has 1 aromatic rings. The molecule has 0 aromatic heterocycles. The van der Waals surface area contributed by atoms with Crippen molar-refractivity contribution in [2.75, 3.05) is 32.5 Å². The van der Waals surface area contributed by atoms with Crippen LogP contribution in [0.5, 0.6) is 0 Å². The third kappa shape index (κ3) is 5.68. The monoisotopic (exact) mass is 410 g/mol. The van der Waals surface area contributed by atoms with E-state index >= 15 is 0 Å². The lowest BCUT2D eigenvalue weighted by Crippen LogP contribution is -2.45. The molecule has 0 spiro atoms. The molecule has 1 heterocycles. The van der Waals surface area contributed by atoms with Gasteiger partial charge in [-0.15, -0.1) is 0 Å². The van der Waals surface area contributed by atoms with Crippen molar-refractivity contribution < 1.29 is 18.0 Å². The molecule has 1 aliphatic heterocycles. The molecule has 9 heteroatoms. The maximum absolute atomic E-state index is 12.5. The third-order valence-electron chi connectivity index (χ3n) is 4.92. The van der Waals surface area contributed by atoms with Crippen LogP contribution in [0.25, 0.3) is 0 Å². The van der Waals surface area contributed by atoms with E-state index in [0.29, 0.717) is 38.0 Å². The number of likely N-dealkylation sites (tertiary alicyclic amines) is 1. The Kier molecular flexibility index (Phi) is 7.42. The number of urea groups is 1. The van der Waals surface area contributed by atoms with Gasteiger partial charge in [-0.3, -0.25) is 4.79 Å². The summed E-state index contributed by atoms with van der Waals surface area (Å²) in [6, 6.07) is 5.97. The summed E-state index contributed by atoms with van der Waals surface area (Å²) in [5.41, 5.74) is 0.555. The van der Waals surface area contributed by atoms with Crippen molar-refractivity contribution in [1.82, 2.24) is 14.5 Å². The predicted molar refractivity (Wildman–Crippen MR) is 109 cm³/mol. The number of carbonyl (C=O) groups is 2. The minimum Gasteiger partial charge on any atom is -0.331 e. The zero-order valence-electron chi connectivity index (χ0n) is 16.9. The zero-order valence-corrected chi connectivity index (χ0v) is 17.8. The molecule has 1 aliphatic rings. The van der Waals surface area contributed by atoms with Gasteiger partial charge in [0.25, 0.3) is 0 Å². The van der Waals surface area contributed by atoms with Gasteiger partial charge >= 0.3 is 6.03 Å². The van der Waals surface area contributed by atoms with Crippen LogP contribution >= 0.6 is 0 Å². The fourth-order valence-corrected chi connectivity index (χ4v) is 4.32. The summed E-state index contributed by atoms with van der Waals surface area (Å²) in [5.74, 6) is -0.271. The van der Waals surface area contributed by atoms with E-state index in [2.05, 4.69) is 10.0 Å².